The average molecular weight is 525 g/mol. The minimum absolute atomic E-state index is 0.218. The van der Waals surface area contributed by atoms with Gasteiger partial charge < -0.3 is 25.3 Å². The van der Waals surface area contributed by atoms with Crippen LogP contribution in [0.5, 0.6) is 5.75 Å². The number of nitrogens with two attached hydrogens (primary N) is 1. The Labute approximate surface area is 223 Å². The van der Waals surface area contributed by atoms with E-state index >= 15 is 0 Å². The number of hydrogen-bond acceptors (Lipinski definition) is 8. The van der Waals surface area contributed by atoms with Crippen molar-refractivity contribution in [2.45, 2.75) is 50.5 Å². The van der Waals surface area contributed by atoms with Gasteiger partial charge in [-0.25, -0.2) is 9.59 Å². The Morgan fingerprint density at radius 1 is 1.03 bits per heavy atom. The number of carbonyl (C=O) groups excluding carboxylic acids is 2. The topological polar surface area (TPSA) is 99.9 Å². The molecule has 0 spiro atoms. The van der Waals surface area contributed by atoms with Crippen molar-refractivity contribution in [2.75, 3.05) is 26.6 Å². The molecule has 0 aliphatic carbocycles. The van der Waals surface area contributed by atoms with Gasteiger partial charge >= 0.3 is 11.9 Å². The Morgan fingerprint density at radius 2 is 1.68 bits per heavy atom. The lowest BCUT2D eigenvalue weighted by atomic mass is 9.79. The largest absolute Gasteiger partial charge is 0.497 e. The van der Waals surface area contributed by atoms with Crippen LogP contribution in [0.4, 0.5) is 0 Å². The van der Waals surface area contributed by atoms with Gasteiger partial charge in [0.2, 0.25) is 0 Å². The number of dihydropyridines is 1. The Hall–Kier alpha value is -3.23. The van der Waals surface area contributed by atoms with Crippen molar-refractivity contribution in [1.82, 2.24) is 5.32 Å². The summed E-state index contributed by atoms with van der Waals surface area (Å²) >= 11 is 1.60. The summed E-state index contributed by atoms with van der Waals surface area (Å²) in [6.45, 7) is 5.82. The normalized spacial score (nSPS) is 16.2. The monoisotopic (exact) mass is 524 g/mol. The van der Waals surface area contributed by atoms with Crippen LogP contribution in [0.15, 0.2) is 76.0 Å². The summed E-state index contributed by atoms with van der Waals surface area (Å²) < 4.78 is 16.2. The number of hydrogen-bond donors (Lipinski definition) is 2. The highest BCUT2D eigenvalue weighted by atomic mass is 32.2. The predicted molar refractivity (Wildman–Crippen MR) is 146 cm³/mol. The maximum Gasteiger partial charge on any atom is 0.336 e. The van der Waals surface area contributed by atoms with Crippen molar-refractivity contribution in [3.63, 3.8) is 0 Å². The lowest BCUT2D eigenvalue weighted by Gasteiger charge is -2.32. The molecule has 1 aliphatic rings. The quantitative estimate of drug-likeness (QED) is 0.304. The maximum atomic E-state index is 13.4. The van der Waals surface area contributed by atoms with Crippen LogP contribution >= 0.6 is 11.8 Å². The summed E-state index contributed by atoms with van der Waals surface area (Å²) in [5, 5.41) is 3.33. The van der Waals surface area contributed by atoms with Crippen LogP contribution in [0.25, 0.3) is 0 Å². The third kappa shape index (κ3) is 6.76. The van der Waals surface area contributed by atoms with E-state index in [2.05, 4.69) is 5.32 Å². The van der Waals surface area contributed by atoms with Crippen molar-refractivity contribution in [3.05, 3.63) is 82.2 Å². The number of thioether (sulfide) groups is 1. The van der Waals surface area contributed by atoms with Gasteiger partial charge in [-0.05, 0) is 75.3 Å². The molecule has 0 saturated carbocycles. The molecule has 2 aromatic carbocycles. The summed E-state index contributed by atoms with van der Waals surface area (Å²) in [6.07, 6.45) is 3.06. The minimum Gasteiger partial charge on any atom is -0.497 e. The molecule has 3 N–H and O–H groups in total. The van der Waals surface area contributed by atoms with Gasteiger partial charge in [-0.15, -0.1) is 11.8 Å². The van der Waals surface area contributed by atoms with Gasteiger partial charge in [0.25, 0.3) is 0 Å². The molecule has 3 rings (SSSR count). The third-order valence-corrected chi connectivity index (χ3v) is 7.04. The second-order valence-corrected chi connectivity index (χ2v) is 9.50. The molecule has 1 heterocycles. The minimum atomic E-state index is -0.626. The van der Waals surface area contributed by atoms with Gasteiger partial charge in [0.05, 0.1) is 37.4 Å². The first-order chi connectivity index (χ1) is 17.8. The number of benzene rings is 2. The summed E-state index contributed by atoms with van der Waals surface area (Å²) in [6, 6.07) is 15.3. The van der Waals surface area contributed by atoms with Crippen LogP contribution in [0.2, 0.25) is 0 Å². The molecule has 0 saturated heterocycles. The molecule has 0 bridgehead atoms. The standard InChI is InChI=1S/C29H36N2O5S/c1-6-35-28(32)25-18(3)31-24(16-15-23(30)19-11-13-21(34-4)14-12-19)27(29(33)36-7-2)26(25)20-9-8-10-22(17-20)37-5/h8-14,17,23,26,31H,6-7,15-16,30H2,1-5H3. The van der Waals surface area contributed by atoms with Crippen LogP contribution in [-0.2, 0) is 19.1 Å². The molecule has 0 aromatic heterocycles. The first-order valence-electron chi connectivity index (χ1n) is 12.4. The van der Waals surface area contributed by atoms with Gasteiger partial charge in [0.15, 0.2) is 0 Å². The molecular formula is C29H36N2O5S. The van der Waals surface area contributed by atoms with E-state index in [4.69, 9.17) is 19.9 Å². The summed E-state index contributed by atoms with van der Waals surface area (Å²) in [5.74, 6) is -0.779. The zero-order valence-corrected chi connectivity index (χ0v) is 22.9. The van der Waals surface area contributed by atoms with E-state index in [1.54, 1.807) is 32.7 Å². The Morgan fingerprint density at radius 3 is 2.27 bits per heavy atom. The number of ether oxygens (including phenoxy) is 3. The fourth-order valence-corrected chi connectivity index (χ4v) is 4.96. The second kappa shape index (κ2) is 13.4. The van der Waals surface area contributed by atoms with Crippen molar-refractivity contribution in [1.29, 1.82) is 0 Å². The van der Waals surface area contributed by atoms with E-state index in [-0.39, 0.29) is 19.3 Å². The lowest BCUT2D eigenvalue weighted by Crippen LogP contribution is -2.33. The van der Waals surface area contributed by atoms with Gasteiger partial charge in [-0.1, -0.05) is 24.3 Å². The maximum absolute atomic E-state index is 13.4. The molecule has 0 radical (unpaired) electrons. The van der Waals surface area contributed by atoms with Gasteiger partial charge in [0.1, 0.15) is 5.75 Å². The van der Waals surface area contributed by atoms with Crippen LogP contribution in [0.1, 0.15) is 56.7 Å². The van der Waals surface area contributed by atoms with E-state index < -0.39 is 17.9 Å². The fraction of sp³-hybridized carbons (Fsp3) is 0.379. The molecule has 0 fully saturated rings. The molecule has 8 heteroatoms. The van der Waals surface area contributed by atoms with E-state index in [1.807, 2.05) is 61.7 Å². The van der Waals surface area contributed by atoms with Crippen LogP contribution in [0, 0.1) is 0 Å². The smallest absolute Gasteiger partial charge is 0.336 e. The van der Waals surface area contributed by atoms with Gasteiger partial charge in [-0.2, -0.15) is 0 Å². The highest BCUT2D eigenvalue weighted by Gasteiger charge is 2.39. The summed E-state index contributed by atoms with van der Waals surface area (Å²) in [7, 11) is 1.62. The van der Waals surface area contributed by atoms with Crippen molar-refractivity contribution in [3.8, 4) is 5.75 Å². The van der Waals surface area contributed by atoms with E-state index in [0.717, 1.165) is 21.8 Å². The number of allylic oxidation sites excluding steroid dienone is 2. The molecule has 7 nitrogen and oxygen atoms in total. The molecular weight excluding hydrogens is 488 g/mol. The first kappa shape index (κ1) is 28.3. The molecule has 2 unspecified atom stereocenters. The fourth-order valence-electron chi connectivity index (χ4n) is 4.49. The third-order valence-electron chi connectivity index (χ3n) is 6.31. The molecule has 37 heavy (non-hydrogen) atoms. The second-order valence-electron chi connectivity index (χ2n) is 8.62. The zero-order valence-electron chi connectivity index (χ0n) is 22.1. The van der Waals surface area contributed by atoms with E-state index in [9.17, 15) is 9.59 Å². The van der Waals surface area contributed by atoms with Crippen LogP contribution in [-0.4, -0.2) is 38.5 Å². The van der Waals surface area contributed by atoms with Crippen molar-refractivity contribution >= 4 is 23.7 Å². The molecule has 2 aromatic rings. The predicted octanol–water partition coefficient (Wildman–Crippen LogP) is 5.24. The van der Waals surface area contributed by atoms with Crippen molar-refractivity contribution < 1.29 is 23.8 Å². The van der Waals surface area contributed by atoms with Crippen molar-refractivity contribution in [2.24, 2.45) is 5.73 Å². The zero-order chi connectivity index (χ0) is 26.9. The van der Waals surface area contributed by atoms with Gasteiger partial charge in [-0.3, -0.25) is 0 Å². The number of esters is 2. The van der Waals surface area contributed by atoms with Crippen LogP contribution in [0.3, 0.4) is 0 Å². The molecule has 2 atom stereocenters. The number of nitrogens with one attached hydrogen (secondary N) is 1. The highest BCUT2D eigenvalue weighted by molar-refractivity contribution is 7.98. The number of methoxy groups -OCH3 is 1. The van der Waals surface area contributed by atoms with E-state index in [0.29, 0.717) is 35.4 Å². The summed E-state index contributed by atoms with van der Waals surface area (Å²) in [4.78, 5) is 27.6. The molecule has 1 aliphatic heterocycles. The lowest BCUT2D eigenvalue weighted by molar-refractivity contribution is -0.139. The van der Waals surface area contributed by atoms with Gasteiger partial charge in [0, 0.05) is 22.3 Å². The van der Waals surface area contributed by atoms with Crippen LogP contribution < -0.4 is 15.8 Å². The molecule has 198 valence electrons. The average Bonchev–Trinajstić information content (AvgIpc) is 2.91. The first-order valence-corrected chi connectivity index (χ1v) is 13.7. The van der Waals surface area contributed by atoms with E-state index in [1.165, 1.54) is 0 Å². The Balaban J connectivity index is 2.06. The SMILES string of the molecule is CCOC(=O)C1=C(C)NC(CCC(N)c2ccc(OC)cc2)=C(C(=O)OCC)C1c1cccc(SC)c1. The highest BCUT2D eigenvalue weighted by Crippen LogP contribution is 2.41. The number of carbonyl (C=O) groups is 2. The summed E-state index contributed by atoms with van der Waals surface area (Å²) in [5.41, 5.74) is 10.5. The number of rotatable bonds is 11. The Kier molecular flexibility index (Phi) is 10.2. The molecule has 0 amide bonds. The Bertz CT molecular complexity index is 1170.